The molecule has 0 aliphatic carbocycles. The van der Waals surface area contributed by atoms with Crippen LogP contribution in [0.1, 0.15) is 43.7 Å². The van der Waals surface area contributed by atoms with Crippen LogP contribution in [0.25, 0.3) is 5.69 Å². The van der Waals surface area contributed by atoms with E-state index < -0.39 is 17.7 Å². The van der Waals surface area contributed by atoms with Crippen LogP contribution >= 0.6 is 0 Å². The third-order valence-corrected chi connectivity index (χ3v) is 3.02. The highest BCUT2D eigenvalue weighted by Gasteiger charge is 2.20. The summed E-state index contributed by atoms with van der Waals surface area (Å²) in [5, 5.41) is 15.9. The summed E-state index contributed by atoms with van der Waals surface area (Å²) in [6.07, 6.45) is 4.99. The maximum atomic E-state index is 11.9. The van der Waals surface area contributed by atoms with Crippen LogP contribution in [0, 0.1) is 0 Å². The third kappa shape index (κ3) is 4.31. The number of nitrogens with zero attached hydrogens (tertiary/aromatic N) is 3. The fraction of sp³-hybridized carbons (Fsp3) is 0.375. The van der Waals surface area contributed by atoms with Gasteiger partial charge in [-0.25, -0.2) is 19.3 Å². The Morgan fingerprint density at radius 2 is 2.04 bits per heavy atom. The van der Waals surface area contributed by atoms with E-state index in [1.165, 1.54) is 12.3 Å². The molecular formula is C16H20N4O4. The van der Waals surface area contributed by atoms with Crippen molar-refractivity contribution >= 4 is 17.7 Å². The van der Waals surface area contributed by atoms with Crippen LogP contribution in [-0.2, 0) is 11.2 Å². The predicted molar refractivity (Wildman–Crippen MR) is 87.6 cm³/mol. The van der Waals surface area contributed by atoms with Gasteiger partial charge < -0.3 is 9.84 Å². The second kappa shape index (κ2) is 6.69. The second-order valence-electron chi connectivity index (χ2n) is 6.17. The number of amides is 1. The zero-order valence-corrected chi connectivity index (χ0v) is 14.0. The molecule has 0 atom stereocenters. The number of rotatable bonds is 4. The zero-order chi connectivity index (χ0) is 17.9. The summed E-state index contributed by atoms with van der Waals surface area (Å²) >= 11 is 0. The van der Waals surface area contributed by atoms with Crippen molar-refractivity contribution in [3.8, 4) is 5.69 Å². The van der Waals surface area contributed by atoms with Gasteiger partial charge in [-0.15, -0.1) is 0 Å². The number of nitrogens with one attached hydrogen (secondary N) is 1. The Labute approximate surface area is 139 Å². The van der Waals surface area contributed by atoms with E-state index in [0.717, 1.165) is 12.0 Å². The van der Waals surface area contributed by atoms with Gasteiger partial charge in [-0.1, -0.05) is 6.92 Å². The molecule has 1 amide bonds. The molecule has 8 heteroatoms. The highest BCUT2D eigenvalue weighted by atomic mass is 16.6. The maximum absolute atomic E-state index is 11.9. The lowest BCUT2D eigenvalue weighted by Gasteiger charge is -2.20. The smallest absolute Gasteiger partial charge is 0.412 e. The normalized spacial score (nSPS) is 11.2. The van der Waals surface area contributed by atoms with E-state index in [0.29, 0.717) is 5.69 Å². The average molecular weight is 332 g/mol. The third-order valence-electron chi connectivity index (χ3n) is 3.02. The number of hydrogen-bond acceptors (Lipinski definition) is 5. The topological polar surface area (TPSA) is 106 Å². The largest absolute Gasteiger partial charge is 0.476 e. The number of carbonyl (C=O) groups excluding carboxylic acids is 1. The molecule has 2 N–H and O–H groups in total. The van der Waals surface area contributed by atoms with E-state index in [-0.39, 0.29) is 11.4 Å². The van der Waals surface area contributed by atoms with Crippen LogP contribution in [0.5, 0.6) is 0 Å². The molecule has 0 aromatic carbocycles. The van der Waals surface area contributed by atoms with Crippen molar-refractivity contribution in [1.82, 2.24) is 14.8 Å². The van der Waals surface area contributed by atoms with Gasteiger partial charge >= 0.3 is 12.1 Å². The monoisotopic (exact) mass is 332 g/mol. The number of aromatic carboxylic acids is 1. The van der Waals surface area contributed by atoms with Crippen molar-refractivity contribution < 1.29 is 19.4 Å². The number of anilines is 1. The molecule has 24 heavy (non-hydrogen) atoms. The molecule has 0 aliphatic heterocycles. The van der Waals surface area contributed by atoms with Crippen molar-refractivity contribution in [2.75, 3.05) is 5.32 Å². The van der Waals surface area contributed by atoms with E-state index >= 15 is 0 Å². The molecule has 2 heterocycles. The number of carboxylic acids is 1. The number of aryl methyl sites for hydroxylation is 1. The van der Waals surface area contributed by atoms with Crippen LogP contribution in [-0.4, -0.2) is 37.5 Å². The highest BCUT2D eigenvalue weighted by molar-refractivity contribution is 5.97. The van der Waals surface area contributed by atoms with E-state index in [4.69, 9.17) is 4.74 Å². The lowest BCUT2D eigenvalue weighted by molar-refractivity contribution is 0.0636. The minimum Gasteiger partial charge on any atom is -0.476 e. The molecule has 0 bridgehead atoms. The first-order valence-corrected chi connectivity index (χ1v) is 7.47. The van der Waals surface area contributed by atoms with Gasteiger partial charge in [0.2, 0.25) is 0 Å². The van der Waals surface area contributed by atoms with Crippen molar-refractivity contribution in [3.05, 3.63) is 35.9 Å². The first kappa shape index (κ1) is 17.5. The summed E-state index contributed by atoms with van der Waals surface area (Å²) in [4.78, 5) is 27.1. The van der Waals surface area contributed by atoms with Gasteiger partial charge in [-0.2, -0.15) is 5.10 Å². The van der Waals surface area contributed by atoms with Gasteiger partial charge in [0.25, 0.3) is 0 Å². The predicted octanol–water partition coefficient (Wildman–Crippen LogP) is 2.87. The van der Waals surface area contributed by atoms with Crippen LogP contribution in [0.15, 0.2) is 24.7 Å². The molecule has 0 saturated carbocycles. The second-order valence-corrected chi connectivity index (χ2v) is 6.17. The van der Waals surface area contributed by atoms with E-state index in [1.54, 1.807) is 31.6 Å². The van der Waals surface area contributed by atoms with E-state index in [1.807, 2.05) is 13.1 Å². The average Bonchev–Trinajstić information content (AvgIpc) is 2.93. The molecule has 128 valence electrons. The fourth-order valence-electron chi connectivity index (χ4n) is 1.94. The van der Waals surface area contributed by atoms with Gasteiger partial charge in [-0.3, -0.25) is 5.32 Å². The number of hydrogen-bond donors (Lipinski definition) is 2. The van der Waals surface area contributed by atoms with Gasteiger partial charge in [-0.05, 0) is 38.8 Å². The minimum absolute atomic E-state index is 0.0443. The number of carbonyl (C=O) groups is 2. The number of pyridine rings is 1. The van der Waals surface area contributed by atoms with Crippen molar-refractivity contribution in [2.45, 2.75) is 39.7 Å². The summed E-state index contributed by atoms with van der Waals surface area (Å²) in [5.74, 6) is -1.25. The molecule has 0 aliphatic rings. The molecule has 2 aromatic rings. The molecule has 0 spiro atoms. The fourth-order valence-corrected chi connectivity index (χ4v) is 1.94. The SMILES string of the molecule is CCc1cnn(-c2cnc(C(=O)O)c(NC(=O)OC(C)(C)C)c2)c1. The van der Waals surface area contributed by atoms with E-state index in [2.05, 4.69) is 15.4 Å². The summed E-state index contributed by atoms with van der Waals surface area (Å²) in [5.41, 5.74) is 0.635. The highest BCUT2D eigenvalue weighted by Crippen LogP contribution is 2.19. The lowest BCUT2D eigenvalue weighted by atomic mass is 10.2. The summed E-state index contributed by atoms with van der Waals surface area (Å²) in [6.45, 7) is 7.16. The van der Waals surface area contributed by atoms with Crippen LogP contribution in [0.4, 0.5) is 10.5 Å². The molecular weight excluding hydrogens is 312 g/mol. The molecule has 2 aromatic heterocycles. The summed E-state index contributed by atoms with van der Waals surface area (Å²) in [7, 11) is 0. The van der Waals surface area contributed by atoms with Gasteiger partial charge in [0.15, 0.2) is 5.69 Å². The Hall–Kier alpha value is -2.90. The standard InChI is InChI=1S/C16H20N4O4/c1-5-10-7-18-20(9-10)11-6-12(13(14(21)22)17-8-11)19-15(23)24-16(2,3)4/h6-9H,5H2,1-4H3,(H,19,23)(H,21,22). The van der Waals surface area contributed by atoms with Crippen LogP contribution in [0.3, 0.4) is 0 Å². The Bertz CT molecular complexity index is 762. The Balaban J connectivity index is 2.34. The molecule has 0 unspecified atom stereocenters. The van der Waals surface area contributed by atoms with Crippen LogP contribution < -0.4 is 5.32 Å². The maximum Gasteiger partial charge on any atom is 0.412 e. The first-order valence-electron chi connectivity index (χ1n) is 7.47. The molecule has 2 rings (SSSR count). The molecule has 8 nitrogen and oxygen atoms in total. The van der Waals surface area contributed by atoms with Crippen molar-refractivity contribution in [2.24, 2.45) is 0 Å². The van der Waals surface area contributed by atoms with Crippen molar-refractivity contribution in [3.63, 3.8) is 0 Å². The number of ether oxygens (including phenoxy) is 1. The summed E-state index contributed by atoms with van der Waals surface area (Å²) < 4.78 is 6.72. The molecule has 0 saturated heterocycles. The quantitative estimate of drug-likeness (QED) is 0.891. The van der Waals surface area contributed by atoms with E-state index in [9.17, 15) is 14.7 Å². The molecule has 0 radical (unpaired) electrons. The first-order chi connectivity index (χ1) is 11.2. The zero-order valence-electron chi connectivity index (χ0n) is 14.0. The Morgan fingerprint density at radius 3 is 2.58 bits per heavy atom. The minimum atomic E-state index is -1.25. The molecule has 0 fully saturated rings. The number of aromatic nitrogens is 3. The van der Waals surface area contributed by atoms with Gasteiger partial charge in [0, 0.05) is 6.20 Å². The van der Waals surface area contributed by atoms with Gasteiger partial charge in [0.05, 0.1) is 23.8 Å². The number of carboxylic acid groups (broad SMARTS) is 1. The Kier molecular flexibility index (Phi) is 4.87. The summed E-state index contributed by atoms with van der Waals surface area (Å²) in [6, 6.07) is 1.49. The lowest BCUT2D eigenvalue weighted by Crippen LogP contribution is -2.28. The van der Waals surface area contributed by atoms with Gasteiger partial charge in [0.1, 0.15) is 5.60 Å². The van der Waals surface area contributed by atoms with Crippen molar-refractivity contribution in [1.29, 1.82) is 0 Å². The Morgan fingerprint density at radius 1 is 1.33 bits per heavy atom. The van der Waals surface area contributed by atoms with Crippen LogP contribution in [0.2, 0.25) is 0 Å².